The van der Waals surface area contributed by atoms with Crippen molar-refractivity contribution in [2.45, 2.75) is 11.8 Å². The summed E-state index contributed by atoms with van der Waals surface area (Å²) in [5.74, 6) is 1.86. The maximum Gasteiger partial charge on any atom is 0.323 e. The quantitative estimate of drug-likeness (QED) is 0.785. The van der Waals surface area contributed by atoms with Crippen LogP contribution >= 0.6 is 11.8 Å². The summed E-state index contributed by atoms with van der Waals surface area (Å²) >= 11 is 1.42. The van der Waals surface area contributed by atoms with Gasteiger partial charge in [0.1, 0.15) is 6.04 Å². The smallest absolute Gasteiger partial charge is 0.323 e. The monoisotopic (exact) mass is 283 g/mol. The molecule has 2 rings (SSSR count). The van der Waals surface area contributed by atoms with Crippen LogP contribution in [0.25, 0.3) is 11.6 Å². The highest BCUT2D eigenvalue weighted by Gasteiger charge is 2.15. The van der Waals surface area contributed by atoms with Crippen LogP contribution in [0.4, 0.5) is 0 Å². The van der Waals surface area contributed by atoms with E-state index in [0.717, 1.165) is 0 Å². The molecular weight excluding hydrogens is 270 g/mol. The molecule has 2 aromatic rings. The van der Waals surface area contributed by atoms with Gasteiger partial charge in [0.05, 0.1) is 19.1 Å². The number of rotatable bonds is 6. The van der Waals surface area contributed by atoms with Crippen LogP contribution in [0.1, 0.15) is 5.89 Å². The van der Waals surface area contributed by atoms with Crippen molar-refractivity contribution in [2.75, 3.05) is 12.9 Å². The van der Waals surface area contributed by atoms with Gasteiger partial charge in [0.2, 0.25) is 11.7 Å². The average Bonchev–Trinajstić information content (AvgIpc) is 3.07. The van der Waals surface area contributed by atoms with Crippen molar-refractivity contribution in [3.63, 3.8) is 0 Å². The molecule has 7 nitrogen and oxygen atoms in total. The number of aromatic nitrogens is 2. The van der Waals surface area contributed by atoms with Crippen molar-refractivity contribution < 1.29 is 18.5 Å². The third kappa shape index (κ3) is 3.58. The second-order valence-corrected chi connectivity index (χ2v) is 4.66. The Balaban J connectivity index is 1.83. The number of nitrogens with zero attached hydrogens (tertiary/aromatic N) is 2. The van der Waals surface area contributed by atoms with Gasteiger partial charge in [-0.05, 0) is 12.1 Å². The van der Waals surface area contributed by atoms with Crippen LogP contribution in [0.2, 0.25) is 0 Å². The van der Waals surface area contributed by atoms with E-state index in [1.54, 1.807) is 12.1 Å². The number of carbonyl (C=O) groups is 1. The van der Waals surface area contributed by atoms with Gasteiger partial charge in [-0.25, -0.2) is 0 Å². The number of thioether (sulfide) groups is 1. The molecule has 1 atom stereocenters. The first-order chi connectivity index (χ1) is 9.20. The van der Waals surface area contributed by atoms with E-state index in [1.807, 2.05) is 0 Å². The summed E-state index contributed by atoms with van der Waals surface area (Å²) in [5, 5.41) is 3.79. The van der Waals surface area contributed by atoms with Gasteiger partial charge in [-0.1, -0.05) is 5.16 Å². The predicted octanol–water partition coefficient (Wildman–Crippen LogP) is 1.06. The fraction of sp³-hybridized carbons (Fsp3) is 0.364. The maximum atomic E-state index is 11.1. The van der Waals surface area contributed by atoms with Gasteiger partial charge in [0.25, 0.3) is 0 Å². The molecule has 0 spiro atoms. The Morgan fingerprint density at radius 1 is 1.63 bits per heavy atom. The van der Waals surface area contributed by atoms with Crippen LogP contribution < -0.4 is 5.73 Å². The fourth-order valence-electron chi connectivity index (χ4n) is 1.31. The van der Waals surface area contributed by atoms with E-state index in [9.17, 15) is 4.79 Å². The average molecular weight is 283 g/mol. The number of hydrogen-bond donors (Lipinski definition) is 1. The zero-order valence-corrected chi connectivity index (χ0v) is 11.1. The Labute approximate surface area is 113 Å². The number of carbonyl (C=O) groups excluding carboxylic acids is 1. The molecule has 2 aromatic heterocycles. The van der Waals surface area contributed by atoms with E-state index < -0.39 is 12.0 Å². The SMILES string of the molecule is COC(=O)C(N)CSCc1nc(-c2ccco2)no1. The molecule has 0 radical (unpaired) electrons. The van der Waals surface area contributed by atoms with Crippen molar-refractivity contribution in [1.29, 1.82) is 0 Å². The van der Waals surface area contributed by atoms with Crippen molar-refractivity contribution in [3.05, 3.63) is 24.3 Å². The first-order valence-electron chi connectivity index (χ1n) is 5.48. The van der Waals surface area contributed by atoms with Gasteiger partial charge in [-0.15, -0.1) is 11.8 Å². The molecule has 0 saturated carbocycles. The number of furan rings is 1. The summed E-state index contributed by atoms with van der Waals surface area (Å²) in [4.78, 5) is 15.3. The van der Waals surface area contributed by atoms with Crippen LogP contribution in [0, 0.1) is 0 Å². The number of methoxy groups -OCH3 is 1. The highest BCUT2D eigenvalue weighted by Crippen LogP contribution is 2.18. The van der Waals surface area contributed by atoms with E-state index in [4.69, 9.17) is 14.7 Å². The summed E-state index contributed by atoms with van der Waals surface area (Å²) in [5.41, 5.74) is 5.60. The molecule has 19 heavy (non-hydrogen) atoms. The number of hydrogen-bond acceptors (Lipinski definition) is 8. The Bertz CT molecular complexity index is 526. The normalized spacial score (nSPS) is 12.3. The second-order valence-electron chi connectivity index (χ2n) is 3.63. The maximum absolute atomic E-state index is 11.1. The second kappa shape index (κ2) is 6.39. The van der Waals surface area contributed by atoms with E-state index in [0.29, 0.717) is 29.0 Å². The third-order valence-electron chi connectivity index (χ3n) is 2.24. The first-order valence-corrected chi connectivity index (χ1v) is 6.64. The van der Waals surface area contributed by atoms with Crippen molar-refractivity contribution in [2.24, 2.45) is 5.73 Å². The Hall–Kier alpha value is -1.80. The third-order valence-corrected chi connectivity index (χ3v) is 3.28. The van der Waals surface area contributed by atoms with Gasteiger partial charge in [0, 0.05) is 5.75 Å². The van der Waals surface area contributed by atoms with Crippen LogP contribution in [0.5, 0.6) is 0 Å². The Morgan fingerprint density at radius 2 is 2.47 bits per heavy atom. The van der Waals surface area contributed by atoms with Crippen LogP contribution in [0.15, 0.2) is 27.3 Å². The minimum Gasteiger partial charge on any atom is -0.468 e. The standard InChI is InChI=1S/C11H13N3O4S/c1-16-11(15)7(12)5-19-6-9-13-10(14-18-9)8-3-2-4-17-8/h2-4,7H,5-6,12H2,1H3. The predicted molar refractivity (Wildman–Crippen MR) is 68.2 cm³/mol. The highest BCUT2D eigenvalue weighted by molar-refractivity contribution is 7.98. The summed E-state index contributed by atoms with van der Waals surface area (Å²) in [6.07, 6.45) is 1.54. The molecule has 1 unspecified atom stereocenters. The molecule has 0 aromatic carbocycles. The zero-order valence-electron chi connectivity index (χ0n) is 10.2. The van der Waals surface area contributed by atoms with E-state index in [2.05, 4.69) is 14.9 Å². The summed E-state index contributed by atoms with van der Waals surface area (Å²) in [7, 11) is 1.31. The van der Waals surface area contributed by atoms with Crippen molar-refractivity contribution in [3.8, 4) is 11.6 Å². The first kappa shape index (κ1) is 13.6. The lowest BCUT2D eigenvalue weighted by atomic mass is 10.4. The molecule has 2 N–H and O–H groups in total. The molecule has 8 heteroatoms. The molecule has 0 aliphatic rings. The lowest BCUT2D eigenvalue weighted by molar-refractivity contribution is -0.141. The van der Waals surface area contributed by atoms with Gasteiger partial charge in [0.15, 0.2) is 5.76 Å². The van der Waals surface area contributed by atoms with Gasteiger partial charge < -0.3 is 19.4 Å². The van der Waals surface area contributed by atoms with E-state index in [-0.39, 0.29) is 0 Å². The molecule has 0 aliphatic heterocycles. The molecule has 0 fully saturated rings. The summed E-state index contributed by atoms with van der Waals surface area (Å²) < 4.78 is 14.7. The Kier molecular flexibility index (Phi) is 4.58. The molecular formula is C11H13N3O4S. The van der Waals surface area contributed by atoms with E-state index >= 15 is 0 Å². The molecule has 102 valence electrons. The fourth-order valence-corrected chi connectivity index (χ4v) is 2.11. The highest BCUT2D eigenvalue weighted by atomic mass is 32.2. The number of nitrogens with two attached hydrogens (primary N) is 1. The van der Waals surface area contributed by atoms with Gasteiger partial charge in [-0.2, -0.15) is 4.98 Å². The van der Waals surface area contributed by atoms with Crippen LogP contribution in [-0.4, -0.2) is 35.0 Å². The summed E-state index contributed by atoms with van der Waals surface area (Å²) in [6, 6.07) is 2.84. The van der Waals surface area contributed by atoms with Crippen LogP contribution in [-0.2, 0) is 15.3 Å². The molecule has 0 saturated heterocycles. The van der Waals surface area contributed by atoms with Crippen molar-refractivity contribution in [1.82, 2.24) is 10.1 Å². The molecule has 0 aliphatic carbocycles. The largest absolute Gasteiger partial charge is 0.468 e. The minimum atomic E-state index is -0.650. The summed E-state index contributed by atoms with van der Waals surface area (Å²) in [6.45, 7) is 0. The Morgan fingerprint density at radius 3 is 3.16 bits per heavy atom. The lowest BCUT2D eigenvalue weighted by Crippen LogP contribution is -2.33. The lowest BCUT2D eigenvalue weighted by Gasteiger charge is -2.06. The number of ether oxygens (including phenoxy) is 1. The minimum absolute atomic E-state index is 0.401. The van der Waals surface area contributed by atoms with Gasteiger partial charge in [-0.3, -0.25) is 4.79 Å². The molecule has 0 amide bonds. The van der Waals surface area contributed by atoms with Crippen molar-refractivity contribution >= 4 is 17.7 Å². The molecule has 0 bridgehead atoms. The number of esters is 1. The topological polar surface area (TPSA) is 104 Å². The zero-order chi connectivity index (χ0) is 13.7. The van der Waals surface area contributed by atoms with E-state index in [1.165, 1.54) is 25.1 Å². The molecule has 2 heterocycles. The van der Waals surface area contributed by atoms with Crippen LogP contribution in [0.3, 0.4) is 0 Å². The van der Waals surface area contributed by atoms with Gasteiger partial charge >= 0.3 is 5.97 Å².